The Morgan fingerprint density at radius 3 is 1.55 bits per heavy atom. The fourth-order valence-corrected chi connectivity index (χ4v) is 8.81. The highest BCUT2D eigenvalue weighted by Gasteiger charge is 2.49. The van der Waals surface area contributed by atoms with Gasteiger partial charge in [-0.15, -0.1) is 0 Å². The molecule has 1 saturated heterocycles. The van der Waals surface area contributed by atoms with Crippen molar-refractivity contribution in [2.24, 2.45) is 11.7 Å². The van der Waals surface area contributed by atoms with Gasteiger partial charge < -0.3 is 15.5 Å². The monoisotopic (exact) mass is 720 g/mol. The van der Waals surface area contributed by atoms with E-state index in [0.717, 1.165) is 56.7 Å². The van der Waals surface area contributed by atoms with Crippen LogP contribution in [-0.2, 0) is 10.2 Å². The van der Waals surface area contributed by atoms with Gasteiger partial charge in [-0.1, -0.05) is 150 Å². The van der Waals surface area contributed by atoms with E-state index in [-0.39, 0.29) is 23.6 Å². The number of carbonyl (C=O) groups excluding carboxylic acids is 3. The molecule has 7 nitrogen and oxygen atoms in total. The summed E-state index contributed by atoms with van der Waals surface area (Å²) in [5.74, 6) is -0.374. The second-order valence-electron chi connectivity index (χ2n) is 15.6. The van der Waals surface area contributed by atoms with Gasteiger partial charge in [0.25, 0.3) is 11.8 Å². The van der Waals surface area contributed by atoms with E-state index in [0.29, 0.717) is 17.7 Å². The molecule has 2 aliphatic rings. The van der Waals surface area contributed by atoms with Crippen LogP contribution in [0.1, 0.15) is 135 Å². The van der Waals surface area contributed by atoms with Crippen molar-refractivity contribution in [1.82, 2.24) is 14.7 Å². The molecule has 5 rings (SSSR count). The molecule has 0 aromatic heterocycles. The summed E-state index contributed by atoms with van der Waals surface area (Å²) in [6.07, 6.45) is 20.3. The summed E-state index contributed by atoms with van der Waals surface area (Å²) >= 11 is 0. The largest absolute Gasteiger partial charge is 0.369 e. The van der Waals surface area contributed by atoms with E-state index >= 15 is 0 Å². The molecule has 0 spiro atoms. The lowest BCUT2D eigenvalue weighted by Gasteiger charge is -2.37. The third-order valence-electron chi connectivity index (χ3n) is 11.8. The number of fused-ring (bicyclic) bond motifs is 1. The highest BCUT2D eigenvalue weighted by molar-refractivity contribution is 6.21. The molecular weight excluding hydrogens is 657 g/mol. The van der Waals surface area contributed by atoms with Crippen molar-refractivity contribution in [2.75, 3.05) is 46.3 Å². The van der Waals surface area contributed by atoms with Gasteiger partial charge in [0.1, 0.15) is 5.41 Å². The molecule has 0 saturated carbocycles. The summed E-state index contributed by atoms with van der Waals surface area (Å²) in [6, 6.07) is 27.5. The Kier molecular flexibility index (Phi) is 16.1. The number of primary amides is 1. The maximum Gasteiger partial charge on any atom is 0.261 e. The van der Waals surface area contributed by atoms with Crippen LogP contribution in [0.2, 0.25) is 0 Å². The van der Waals surface area contributed by atoms with Crippen molar-refractivity contribution in [1.29, 1.82) is 0 Å². The standard InChI is InChI=1S/C46H64N4O3/c1-48(33-24-35-50-43(51)41-29-20-21-30-42(41)44(50)52)32-22-12-10-8-6-4-2-3-5-7-9-11-13-23-34-49-36-31-40(37-49)46(45(47)53,38-25-16-14-17-26-38)39-27-18-15-19-28-39/h14-21,25-30,40H,2-13,22-24,31-37H2,1H3,(H2,47,53). The van der Waals surface area contributed by atoms with Crippen LogP contribution in [0.15, 0.2) is 84.9 Å². The van der Waals surface area contributed by atoms with Gasteiger partial charge >= 0.3 is 0 Å². The van der Waals surface area contributed by atoms with E-state index < -0.39 is 5.41 Å². The minimum Gasteiger partial charge on any atom is -0.369 e. The van der Waals surface area contributed by atoms with Crippen LogP contribution in [0.25, 0.3) is 0 Å². The number of imide groups is 1. The molecule has 0 radical (unpaired) electrons. The molecule has 1 fully saturated rings. The quantitative estimate of drug-likeness (QED) is 0.0698. The van der Waals surface area contributed by atoms with Gasteiger partial charge in [-0.05, 0) is 88.1 Å². The first-order valence-corrected chi connectivity index (χ1v) is 20.7. The van der Waals surface area contributed by atoms with E-state index in [1.165, 1.54) is 94.8 Å². The van der Waals surface area contributed by atoms with Crippen molar-refractivity contribution in [3.05, 3.63) is 107 Å². The first-order chi connectivity index (χ1) is 25.9. The van der Waals surface area contributed by atoms with Crippen molar-refractivity contribution in [3.8, 4) is 0 Å². The average molecular weight is 721 g/mol. The lowest BCUT2D eigenvalue weighted by molar-refractivity contribution is -0.123. The lowest BCUT2D eigenvalue weighted by atomic mass is 9.64. The SMILES string of the molecule is CN(CCCCCCCCCCCCCCCCN1CCC(C(C(N)=O)(c2ccccc2)c2ccccc2)C1)CCCN1C(=O)c2ccccc2C1=O. The lowest BCUT2D eigenvalue weighted by Crippen LogP contribution is -2.49. The number of unbranched alkanes of at least 4 members (excludes halogenated alkanes) is 13. The molecule has 3 aromatic carbocycles. The van der Waals surface area contributed by atoms with Gasteiger partial charge in [0, 0.05) is 13.1 Å². The van der Waals surface area contributed by atoms with Crippen LogP contribution >= 0.6 is 0 Å². The number of carbonyl (C=O) groups is 3. The van der Waals surface area contributed by atoms with Crippen molar-refractivity contribution in [3.63, 3.8) is 0 Å². The Bertz CT molecular complexity index is 1490. The summed E-state index contributed by atoms with van der Waals surface area (Å²) in [7, 11) is 2.14. The minimum atomic E-state index is -0.798. The normalized spacial score (nSPS) is 16.2. The number of likely N-dealkylation sites (tertiary alicyclic amines) is 1. The van der Waals surface area contributed by atoms with Gasteiger partial charge in [0.2, 0.25) is 5.91 Å². The highest BCUT2D eigenvalue weighted by atomic mass is 16.2. The fraction of sp³-hybridized carbons (Fsp3) is 0.543. The molecule has 1 unspecified atom stereocenters. The first kappa shape index (κ1) is 40.4. The number of benzene rings is 3. The average Bonchev–Trinajstić information content (AvgIpc) is 3.74. The van der Waals surface area contributed by atoms with E-state index in [4.69, 9.17) is 5.73 Å². The van der Waals surface area contributed by atoms with Crippen LogP contribution in [-0.4, -0.2) is 78.7 Å². The Hall–Kier alpha value is -3.81. The molecule has 53 heavy (non-hydrogen) atoms. The van der Waals surface area contributed by atoms with Gasteiger partial charge in [0.15, 0.2) is 0 Å². The van der Waals surface area contributed by atoms with Gasteiger partial charge in [0.05, 0.1) is 11.1 Å². The first-order valence-electron chi connectivity index (χ1n) is 20.7. The third kappa shape index (κ3) is 10.9. The van der Waals surface area contributed by atoms with Crippen molar-refractivity contribution >= 4 is 17.7 Å². The van der Waals surface area contributed by atoms with Crippen LogP contribution in [0.4, 0.5) is 0 Å². The summed E-state index contributed by atoms with van der Waals surface area (Å²) < 4.78 is 0. The van der Waals surface area contributed by atoms with E-state index in [2.05, 4.69) is 41.1 Å². The Balaban J connectivity index is 0.828. The number of hydrogen-bond donors (Lipinski definition) is 1. The molecule has 2 aliphatic heterocycles. The smallest absolute Gasteiger partial charge is 0.261 e. The molecule has 3 aromatic rings. The fourth-order valence-electron chi connectivity index (χ4n) is 8.81. The molecule has 2 heterocycles. The molecule has 3 amide bonds. The molecule has 2 N–H and O–H groups in total. The second-order valence-corrected chi connectivity index (χ2v) is 15.6. The summed E-state index contributed by atoms with van der Waals surface area (Å²) in [5, 5.41) is 0. The predicted molar refractivity (Wildman–Crippen MR) is 216 cm³/mol. The summed E-state index contributed by atoms with van der Waals surface area (Å²) in [6.45, 7) is 5.51. The summed E-state index contributed by atoms with van der Waals surface area (Å²) in [5.41, 5.74) is 8.57. The maximum absolute atomic E-state index is 13.3. The molecule has 7 heteroatoms. The zero-order valence-electron chi connectivity index (χ0n) is 32.4. The number of nitrogens with zero attached hydrogens (tertiary/aromatic N) is 3. The zero-order chi connectivity index (χ0) is 37.3. The van der Waals surface area contributed by atoms with Gasteiger partial charge in [-0.3, -0.25) is 19.3 Å². The maximum atomic E-state index is 13.3. The van der Waals surface area contributed by atoms with E-state index in [9.17, 15) is 14.4 Å². The van der Waals surface area contributed by atoms with Crippen LogP contribution in [0.3, 0.4) is 0 Å². The topological polar surface area (TPSA) is 86.9 Å². The van der Waals surface area contributed by atoms with Crippen molar-refractivity contribution < 1.29 is 14.4 Å². The molecule has 1 atom stereocenters. The highest BCUT2D eigenvalue weighted by Crippen LogP contribution is 2.43. The van der Waals surface area contributed by atoms with Crippen LogP contribution in [0, 0.1) is 5.92 Å². The Morgan fingerprint density at radius 2 is 1.06 bits per heavy atom. The molecular formula is C46H64N4O3. The Morgan fingerprint density at radius 1 is 0.623 bits per heavy atom. The number of nitrogens with two attached hydrogens (primary N) is 1. The minimum absolute atomic E-state index is 0.150. The second kappa shape index (κ2) is 21.2. The van der Waals surface area contributed by atoms with Crippen LogP contribution in [0.5, 0.6) is 0 Å². The number of amides is 3. The van der Waals surface area contributed by atoms with Crippen LogP contribution < -0.4 is 5.73 Å². The third-order valence-corrected chi connectivity index (χ3v) is 11.8. The summed E-state index contributed by atoms with van der Waals surface area (Å²) in [4.78, 5) is 44.7. The Labute approximate surface area is 319 Å². The number of rotatable bonds is 25. The molecule has 0 aliphatic carbocycles. The molecule has 0 bridgehead atoms. The van der Waals surface area contributed by atoms with Gasteiger partial charge in [-0.25, -0.2) is 0 Å². The molecule has 286 valence electrons. The predicted octanol–water partition coefficient (Wildman–Crippen LogP) is 8.86. The zero-order valence-corrected chi connectivity index (χ0v) is 32.4. The van der Waals surface area contributed by atoms with Crippen molar-refractivity contribution in [2.45, 2.75) is 108 Å². The number of hydrogen-bond acceptors (Lipinski definition) is 5. The van der Waals surface area contributed by atoms with E-state index in [1.54, 1.807) is 12.1 Å². The van der Waals surface area contributed by atoms with Gasteiger partial charge in [-0.2, -0.15) is 0 Å². The van der Waals surface area contributed by atoms with E-state index in [1.807, 2.05) is 48.5 Å².